The summed E-state index contributed by atoms with van der Waals surface area (Å²) in [5, 5.41) is 2.63. The lowest BCUT2D eigenvalue weighted by Gasteiger charge is -2.16. The van der Waals surface area contributed by atoms with Crippen LogP contribution in [-0.4, -0.2) is 30.8 Å². The highest BCUT2D eigenvalue weighted by atomic mass is 16.5. The molecule has 0 radical (unpaired) electrons. The molecule has 0 saturated heterocycles. The maximum Gasteiger partial charge on any atom is 0.328 e. The summed E-state index contributed by atoms with van der Waals surface area (Å²) in [5.41, 5.74) is 2.43. The molecule has 5 heteroatoms. The Hall–Kier alpha value is -2.17. The van der Waals surface area contributed by atoms with Crippen LogP contribution in [0.25, 0.3) is 0 Å². The first-order chi connectivity index (χ1) is 9.83. The number of hydrogen-bond acceptors (Lipinski definition) is 4. The fourth-order valence-corrected chi connectivity index (χ4v) is 2.09. The Kier molecular flexibility index (Phi) is 6.09. The number of rotatable bonds is 6. The SMILES string of the molecule is COC(=O)[C@@H](CCC(C)=O)NC(=O)c1cc(C)cc(C)c1. The third-order valence-corrected chi connectivity index (χ3v) is 3.06. The van der Waals surface area contributed by atoms with Gasteiger partial charge < -0.3 is 14.8 Å². The zero-order valence-electron chi connectivity index (χ0n) is 12.9. The molecule has 1 atom stereocenters. The molecule has 0 saturated carbocycles. The molecule has 0 aromatic heterocycles. The zero-order valence-corrected chi connectivity index (χ0v) is 12.9. The molecule has 0 fully saturated rings. The monoisotopic (exact) mass is 291 g/mol. The third-order valence-electron chi connectivity index (χ3n) is 3.06. The number of nitrogens with one attached hydrogen (secondary N) is 1. The van der Waals surface area contributed by atoms with Gasteiger partial charge in [0.1, 0.15) is 11.8 Å². The molecule has 1 amide bonds. The minimum atomic E-state index is -0.813. The molecule has 0 heterocycles. The second-order valence-electron chi connectivity index (χ2n) is 5.17. The summed E-state index contributed by atoms with van der Waals surface area (Å²) in [6, 6.07) is 4.65. The Bertz CT molecular complexity index is 531. The van der Waals surface area contributed by atoms with E-state index in [0.29, 0.717) is 5.56 Å². The quantitative estimate of drug-likeness (QED) is 0.813. The van der Waals surface area contributed by atoms with Crippen molar-refractivity contribution < 1.29 is 19.1 Å². The van der Waals surface area contributed by atoms with Crippen molar-refractivity contribution in [2.75, 3.05) is 7.11 Å². The lowest BCUT2D eigenvalue weighted by Crippen LogP contribution is -2.41. The van der Waals surface area contributed by atoms with Gasteiger partial charge in [-0.05, 0) is 39.3 Å². The summed E-state index contributed by atoms with van der Waals surface area (Å²) in [4.78, 5) is 34.9. The number of Topliss-reactive ketones (excluding diaryl/α,β-unsaturated/α-hetero) is 1. The molecule has 0 spiro atoms. The fourth-order valence-electron chi connectivity index (χ4n) is 2.09. The van der Waals surface area contributed by atoms with Crippen LogP contribution in [0.3, 0.4) is 0 Å². The molecule has 1 aromatic carbocycles. The van der Waals surface area contributed by atoms with E-state index < -0.39 is 12.0 Å². The van der Waals surface area contributed by atoms with Gasteiger partial charge in [-0.3, -0.25) is 4.79 Å². The van der Waals surface area contributed by atoms with Crippen LogP contribution in [0.4, 0.5) is 0 Å². The lowest BCUT2D eigenvalue weighted by atomic mass is 10.1. The number of methoxy groups -OCH3 is 1. The number of aryl methyl sites for hydroxylation is 2. The summed E-state index contributed by atoms with van der Waals surface area (Å²) in [7, 11) is 1.26. The molecule has 0 aliphatic heterocycles. The van der Waals surface area contributed by atoms with E-state index in [4.69, 9.17) is 0 Å². The number of benzene rings is 1. The highest BCUT2D eigenvalue weighted by molar-refractivity contribution is 5.97. The van der Waals surface area contributed by atoms with Crippen LogP contribution >= 0.6 is 0 Å². The number of hydrogen-bond donors (Lipinski definition) is 1. The fraction of sp³-hybridized carbons (Fsp3) is 0.438. The van der Waals surface area contributed by atoms with E-state index in [-0.39, 0.29) is 24.5 Å². The van der Waals surface area contributed by atoms with Crippen LogP contribution in [-0.2, 0) is 14.3 Å². The average Bonchev–Trinajstić information content (AvgIpc) is 2.40. The molecule has 114 valence electrons. The third kappa shape index (κ3) is 5.38. The second kappa shape index (κ2) is 7.57. The molecule has 0 bridgehead atoms. The Labute approximate surface area is 124 Å². The highest BCUT2D eigenvalue weighted by Gasteiger charge is 2.22. The van der Waals surface area contributed by atoms with E-state index in [2.05, 4.69) is 10.1 Å². The van der Waals surface area contributed by atoms with Crippen molar-refractivity contribution in [1.29, 1.82) is 0 Å². The summed E-state index contributed by atoms with van der Waals surface area (Å²) < 4.78 is 4.66. The number of carbonyl (C=O) groups excluding carboxylic acids is 3. The number of ketones is 1. The Morgan fingerprint density at radius 2 is 1.71 bits per heavy atom. The molecular weight excluding hydrogens is 270 g/mol. The van der Waals surface area contributed by atoms with Gasteiger partial charge in [0.2, 0.25) is 0 Å². The first kappa shape index (κ1) is 16.9. The van der Waals surface area contributed by atoms with E-state index in [1.54, 1.807) is 12.1 Å². The maximum absolute atomic E-state index is 12.2. The van der Waals surface area contributed by atoms with Gasteiger partial charge in [-0.25, -0.2) is 4.79 Å². The molecule has 1 aromatic rings. The van der Waals surface area contributed by atoms with Gasteiger partial charge in [-0.2, -0.15) is 0 Å². The van der Waals surface area contributed by atoms with Gasteiger partial charge >= 0.3 is 5.97 Å². The minimum absolute atomic E-state index is 0.0375. The first-order valence-corrected chi connectivity index (χ1v) is 6.80. The zero-order chi connectivity index (χ0) is 16.0. The molecule has 5 nitrogen and oxygen atoms in total. The van der Waals surface area contributed by atoms with Crippen molar-refractivity contribution in [3.05, 3.63) is 34.9 Å². The van der Waals surface area contributed by atoms with Crippen LogP contribution < -0.4 is 5.32 Å². The number of amides is 1. The van der Waals surface area contributed by atoms with E-state index in [0.717, 1.165) is 11.1 Å². The topological polar surface area (TPSA) is 72.5 Å². The van der Waals surface area contributed by atoms with Crippen molar-refractivity contribution in [2.24, 2.45) is 0 Å². The van der Waals surface area contributed by atoms with Crippen molar-refractivity contribution in [3.8, 4) is 0 Å². The van der Waals surface area contributed by atoms with E-state index >= 15 is 0 Å². The Morgan fingerprint density at radius 3 is 2.19 bits per heavy atom. The maximum atomic E-state index is 12.2. The van der Waals surface area contributed by atoms with Crippen molar-refractivity contribution in [2.45, 2.75) is 39.7 Å². The Morgan fingerprint density at radius 1 is 1.14 bits per heavy atom. The van der Waals surface area contributed by atoms with Crippen molar-refractivity contribution in [1.82, 2.24) is 5.32 Å². The molecule has 1 N–H and O–H groups in total. The van der Waals surface area contributed by atoms with Gasteiger partial charge in [0, 0.05) is 12.0 Å². The highest BCUT2D eigenvalue weighted by Crippen LogP contribution is 2.10. The second-order valence-corrected chi connectivity index (χ2v) is 5.17. The van der Waals surface area contributed by atoms with Gasteiger partial charge in [0.05, 0.1) is 7.11 Å². The summed E-state index contributed by atoms with van der Waals surface area (Å²) >= 11 is 0. The predicted octanol–water partition coefficient (Wildman–Crippen LogP) is 1.94. The number of ether oxygens (including phenoxy) is 1. The van der Waals surface area contributed by atoms with Gasteiger partial charge in [-0.15, -0.1) is 0 Å². The minimum Gasteiger partial charge on any atom is -0.467 e. The first-order valence-electron chi connectivity index (χ1n) is 6.80. The van der Waals surface area contributed by atoms with Crippen LogP contribution in [0.2, 0.25) is 0 Å². The number of esters is 1. The van der Waals surface area contributed by atoms with Crippen LogP contribution in [0.1, 0.15) is 41.3 Å². The van der Waals surface area contributed by atoms with E-state index in [1.165, 1.54) is 14.0 Å². The van der Waals surface area contributed by atoms with E-state index in [9.17, 15) is 14.4 Å². The summed E-state index contributed by atoms with van der Waals surface area (Å²) in [5.74, 6) is -0.931. The van der Waals surface area contributed by atoms with E-state index in [1.807, 2.05) is 19.9 Å². The molecule has 0 aliphatic rings. The van der Waals surface area contributed by atoms with Gasteiger partial charge in [0.15, 0.2) is 0 Å². The van der Waals surface area contributed by atoms with Crippen LogP contribution in [0.15, 0.2) is 18.2 Å². The number of carbonyl (C=O) groups is 3. The summed E-state index contributed by atoms with van der Waals surface area (Å²) in [6.07, 6.45) is 0.450. The van der Waals surface area contributed by atoms with Gasteiger partial charge in [-0.1, -0.05) is 17.2 Å². The van der Waals surface area contributed by atoms with Crippen LogP contribution in [0, 0.1) is 13.8 Å². The smallest absolute Gasteiger partial charge is 0.328 e. The lowest BCUT2D eigenvalue weighted by molar-refractivity contribution is -0.143. The molecule has 21 heavy (non-hydrogen) atoms. The summed E-state index contributed by atoms with van der Waals surface area (Å²) in [6.45, 7) is 5.24. The van der Waals surface area contributed by atoms with Crippen molar-refractivity contribution >= 4 is 17.7 Å². The predicted molar refractivity (Wildman–Crippen MR) is 79.1 cm³/mol. The standard InChI is InChI=1S/C16H21NO4/c1-10-7-11(2)9-13(8-10)15(19)17-14(16(20)21-4)6-5-12(3)18/h7-9,14H,5-6H2,1-4H3,(H,17,19)/t14-/m1/s1. The molecule has 1 rings (SSSR count). The normalized spacial score (nSPS) is 11.6. The van der Waals surface area contributed by atoms with Crippen LogP contribution in [0.5, 0.6) is 0 Å². The average molecular weight is 291 g/mol. The molecule has 0 aliphatic carbocycles. The molecule has 0 unspecified atom stereocenters. The molecular formula is C16H21NO4. The Balaban J connectivity index is 2.83. The van der Waals surface area contributed by atoms with Gasteiger partial charge in [0.25, 0.3) is 5.91 Å². The van der Waals surface area contributed by atoms with Crippen molar-refractivity contribution in [3.63, 3.8) is 0 Å². The largest absolute Gasteiger partial charge is 0.467 e.